The molecule has 1 rings (SSSR count). The van der Waals surface area contributed by atoms with Gasteiger partial charge in [-0.05, 0) is 40.4 Å². The molecule has 0 amide bonds. The van der Waals surface area contributed by atoms with Crippen molar-refractivity contribution in [2.24, 2.45) is 0 Å². The number of hydrogen-bond donors (Lipinski definition) is 1. The average Bonchev–Trinajstić information content (AvgIpc) is 2.60. The second-order valence-corrected chi connectivity index (χ2v) is 4.88. The summed E-state index contributed by atoms with van der Waals surface area (Å²) in [5.41, 5.74) is 1.31. The second kappa shape index (κ2) is 6.82. The molecule has 98 valence electrons. The summed E-state index contributed by atoms with van der Waals surface area (Å²) >= 11 is 0. The van der Waals surface area contributed by atoms with Crippen molar-refractivity contribution in [3.63, 3.8) is 0 Å². The van der Waals surface area contributed by atoms with Gasteiger partial charge in [-0.3, -0.25) is 4.90 Å². The normalized spacial score (nSPS) is 13.3. The molecule has 1 heterocycles. The maximum absolute atomic E-state index is 5.71. The molecule has 0 spiro atoms. The van der Waals surface area contributed by atoms with Crippen molar-refractivity contribution < 1.29 is 4.42 Å². The van der Waals surface area contributed by atoms with Crippen LogP contribution in [0, 0.1) is 6.92 Å². The van der Waals surface area contributed by atoms with Crippen LogP contribution in [0.1, 0.15) is 43.8 Å². The lowest BCUT2D eigenvalue weighted by atomic mass is 10.1. The van der Waals surface area contributed by atoms with Gasteiger partial charge in [0.2, 0.25) is 0 Å². The lowest BCUT2D eigenvalue weighted by Gasteiger charge is -2.23. The average molecular weight is 238 g/mol. The third kappa shape index (κ3) is 4.17. The van der Waals surface area contributed by atoms with Gasteiger partial charge in [-0.25, -0.2) is 0 Å². The molecule has 0 aliphatic carbocycles. The monoisotopic (exact) mass is 238 g/mol. The van der Waals surface area contributed by atoms with Crippen LogP contribution >= 0.6 is 0 Å². The highest BCUT2D eigenvalue weighted by molar-refractivity contribution is 5.20. The minimum atomic E-state index is 0.627. The molecule has 3 heteroatoms. The molecule has 1 N–H and O–H groups in total. The van der Waals surface area contributed by atoms with E-state index in [1.807, 2.05) is 14.0 Å². The Morgan fingerprint density at radius 3 is 2.76 bits per heavy atom. The molecule has 1 aromatic rings. The molecule has 0 aliphatic heterocycles. The predicted molar refractivity (Wildman–Crippen MR) is 72.0 cm³/mol. The fraction of sp³-hybridized carbons (Fsp3) is 0.714. The third-order valence-electron chi connectivity index (χ3n) is 3.30. The zero-order valence-corrected chi connectivity index (χ0v) is 11.8. The Morgan fingerprint density at radius 1 is 1.47 bits per heavy atom. The van der Waals surface area contributed by atoms with Crippen molar-refractivity contribution in [3.8, 4) is 0 Å². The van der Waals surface area contributed by atoms with Crippen LogP contribution in [0.3, 0.4) is 0 Å². The molecule has 1 aromatic heterocycles. The standard InChI is InChI=1S/C14H26N2O/c1-6-7-11(2)16(5)10-13-8-14(9-15-4)17-12(13)3/h8,11,15H,6-7,9-10H2,1-5H3. The zero-order valence-electron chi connectivity index (χ0n) is 11.8. The van der Waals surface area contributed by atoms with Crippen LogP contribution in [0.2, 0.25) is 0 Å². The summed E-state index contributed by atoms with van der Waals surface area (Å²) in [5, 5.41) is 3.11. The second-order valence-electron chi connectivity index (χ2n) is 4.88. The summed E-state index contributed by atoms with van der Waals surface area (Å²) in [6, 6.07) is 2.79. The van der Waals surface area contributed by atoms with Crippen molar-refractivity contribution in [2.45, 2.75) is 52.7 Å². The van der Waals surface area contributed by atoms with Gasteiger partial charge >= 0.3 is 0 Å². The van der Waals surface area contributed by atoms with E-state index >= 15 is 0 Å². The van der Waals surface area contributed by atoms with Crippen LogP contribution < -0.4 is 5.32 Å². The molecule has 0 fully saturated rings. The highest BCUT2D eigenvalue weighted by Crippen LogP contribution is 2.18. The van der Waals surface area contributed by atoms with Crippen molar-refractivity contribution in [2.75, 3.05) is 14.1 Å². The van der Waals surface area contributed by atoms with E-state index in [1.54, 1.807) is 0 Å². The molecule has 1 unspecified atom stereocenters. The van der Waals surface area contributed by atoms with Crippen LogP contribution in [0.15, 0.2) is 10.5 Å². The van der Waals surface area contributed by atoms with Crippen LogP contribution in [0.5, 0.6) is 0 Å². The lowest BCUT2D eigenvalue weighted by Crippen LogP contribution is -2.28. The highest BCUT2D eigenvalue weighted by Gasteiger charge is 2.13. The molecule has 3 nitrogen and oxygen atoms in total. The number of hydrogen-bond acceptors (Lipinski definition) is 3. The number of furan rings is 1. The van der Waals surface area contributed by atoms with Gasteiger partial charge in [0.1, 0.15) is 11.5 Å². The summed E-state index contributed by atoms with van der Waals surface area (Å²) in [5.74, 6) is 2.07. The van der Waals surface area contributed by atoms with Crippen LogP contribution in [0.25, 0.3) is 0 Å². The summed E-state index contributed by atoms with van der Waals surface area (Å²) in [7, 11) is 4.12. The van der Waals surface area contributed by atoms with Crippen molar-refractivity contribution in [1.82, 2.24) is 10.2 Å². The molecule has 0 aromatic carbocycles. The van der Waals surface area contributed by atoms with Crippen LogP contribution in [0.4, 0.5) is 0 Å². The van der Waals surface area contributed by atoms with Gasteiger partial charge in [-0.2, -0.15) is 0 Å². The SMILES string of the molecule is CCCC(C)N(C)Cc1cc(CNC)oc1C. The number of aryl methyl sites for hydroxylation is 1. The first kappa shape index (κ1) is 14.3. The maximum Gasteiger partial charge on any atom is 0.118 e. The maximum atomic E-state index is 5.71. The first-order valence-electron chi connectivity index (χ1n) is 6.51. The van der Waals surface area contributed by atoms with Crippen LogP contribution in [-0.2, 0) is 13.1 Å². The van der Waals surface area contributed by atoms with E-state index in [9.17, 15) is 0 Å². The van der Waals surface area contributed by atoms with E-state index in [4.69, 9.17) is 4.42 Å². The third-order valence-corrected chi connectivity index (χ3v) is 3.30. The predicted octanol–water partition coefficient (Wildman–Crippen LogP) is 2.93. The van der Waals surface area contributed by atoms with E-state index in [-0.39, 0.29) is 0 Å². The van der Waals surface area contributed by atoms with E-state index in [0.29, 0.717) is 6.04 Å². The molecular weight excluding hydrogens is 212 g/mol. The Hall–Kier alpha value is -0.800. The Morgan fingerprint density at radius 2 is 2.18 bits per heavy atom. The van der Waals surface area contributed by atoms with E-state index in [1.165, 1.54) is 18.4 Å². The number of nitrogens with one attached hydrogen (secondary N) is 1. The number of rotatable bonds is 7. The van der Waals surface area contributed by atoms with Gasteiger partial charge in [0, 0.05) is 18.2 Å². The molecular formula is C14H26N2O. The Balaban J connectivity index is 2.61. The van der Waals surface area contributed by atoms with Gasteiger partial charge in [0.05, 0.1) is 6.54 Å². The van der Waals surface area contributed by atoms with Crippen molar-refractivity contribution in [3.05, 3.63) is 23.2 Å². The molecule has 0 saturated heterocycles. The fourth-order valence-electron chi connectivity index (χ4n) is 2.07. The molecule has 1 atom stereocenters. The molecule has 0 bridgehead atoms. The van der Waals surface area contributed by atoms with E-state index < -0.39 is 0 Å². The summed E-state index contributed by atoms with van der Waals surface area (Å²) < 4.78 is 5.71. The minimum Gasteiger partial charge on any atom is -0.465 e. The minimum absolute atomic E-state index is 0.627. The van der Waals surface area contributed by atoms with Gasteiger partial charge in [-0.15, -0.1) is 0 Å². The van der Waals surface area contributed by atoms with Gasteiger partial charge < -0.3 is 9.73 Å². The van der Waals surface area contributed by atoms with Crippen molar-refractivity contribution in [1.29, 1.82) is 0 Å². The zero-order chi connectivity index (χ0) is 12.8. The largest absolute Gasteiger partial charge is 0.465 e. The quantitative estimate of drug-likeness (QED) is 0.791. The molecule has 0 radical (unpaired) electrons. The van der Waals surface area contributed by atoms with E-state index in [2.05, 4.69) is 37.2 Å². The summed E-state index contributed by atoms with van der Waals surface area (Å²) in [6.07, 6.45) is 2.48. The Kier molecular flexibility index (Phi) is 5.72. The fourth-order valence-corrected chi connectivity index (χ4v) is 2.07. The van der Waals surface area contributed by atoms with Gasteiger partial charge in [0.25, 0.3) is 0 Å². The van der Waals surface area contributed by atoms with E-state index in [0.717, 1.165) is 24.6 Å². The Bertz CT molecular complexity index is 333. The Labute approximate surface area is 105 Å². The number of nitrogens with zero attached hydrogens (tertiary/aromatic N) is 1. The van der Waals surface area contributed by atoms with Gasteiger partial charge in [-0.1, -0.05) is 13.3 Å². The first-order valence-corrected chi connectivity index (χ1v) is 6.51. The van der Waals surface area contributed by atoms with Crippen LogP contribution in [-0.4, -0.2) is 25.0 Å². The molecule has 0 saturated carbocycles. The molecule has 17 heavy (non-hydrogen) atoms. The van der Waals surface area contributed by atoms with Crippen molar-refractivity contribution >= 4 is 0 Å². The first-order chi connectivity index (χ1) is 8.08. The smallest absolute Gasteiger partial charge is 0.118 e. The lowest BCUT2D eigenvalue weighted by molar-refractivity contribution is 0.235. The summed E-state index contributed by atoms with van der Waals surface area (Å²) in [6.45, 7) is 8.34. The topological polar surface area (TPSA) is 28.4 Å². The summed E-state index contributed by atoms with van der Waals surface area (Å²) in [4.78, 5) is 2.39. The van der Waals surface area contributed by atoms with Gasteiger partial charge in [0.15, 0.2) is 0 Å². The highest BCUT2D eigenvalue weighted by atomic mass is 16.3. The molecule has 0 aliphatic rings.